The first-order chi connectivity index (χ1) is 14.9. The molecule has 5 aromatic carbocycles. The molecular formula is C28H19NS. The SMILES string of the molecule is c1ccc(Nc2ccc3sc4cccc(-c5cccc6ccccc56)c4c3c2)cc1. The molecule has 0 fully saturated rings. The van der Waals surface area contributed by atoms with Crippen molar-refractivity contribution in [2.45, 2.75) is 0 Å². The Morgan fingerprint density at radius 2 is 1.27 bits per heavy atom. The molecule has 1 N–H and O–H groups in total. The largest absolute Gasteiger partial charge is 0.356 e. The Morgan fingerprint density at radius 1 is 0.500 bits per heavy atom. The van der Waals surface area contributed by atoms with Gasteiger partial charge in [-0.1, -0.05) is 72.8 Å². The summed E-state index contributed by atoms with van der Waals surface area (Å²) in [7, 11) is 0. The van der Waals surface area contributed by atoms with Crippen LogP contribution in [0.1, 0.15) is 0 Å². The van der Waals surface area contributed by atoms with Gasteiger partial charge in [0.15, 0.2) is 0 Å². The standard InChI is InChI=1S/C28H19NS/c1-2-10-20(11-3-1)29-21-16-17-26-25(18-21)28-24(14-7-15-27(28)30-26)23-13-6-9-19-8-4-5-12-22(19)23/h1-18,29H. The fraction of sp³-hybridized carbons (Fsp3) is 0. The van der Waals surface area contributed by atoms with E-state index in [1.807, 2.05) is 17.4 Å². The summed E-state index contributed by atoms with van der Waals surface area (Å²) in [6.07, 6.45) is 0. The molecule has 30 heavy (non-hydrogen) atoms. The number of thiophene rings is 1. The number of nitrogens with one attached hydrogen (secondary N) is 1. The first-order valence-electron chi connectivity index (χ1n) is 10.1. The smallest absolute Gasteiger partial charge is 0.0391 e. The fourth-order valence-corrected chi connectivity index (χ4v) is 5.39. The number of para-hydroxylation sites is 1. The number of rotatable bonds is 3. The highest BCUT2D eigenvalue weighted by atomic mass is 32.1. The van der Waals surface area contributed by atoms with Gasteiger partial charge in [-0.15, -0.1) is 11.3 Å². The predicted molar refractivity (Wildman–Crippen MR) is 132 cm³/mol. The zero-order valence-electron chi connectivity index (χ0n) is 16.3. The molecule has 1 nitrogen and oxygen atoms in total. The second-order valence-electron chi connectivity index (χ2n) is 7.51. The van der Waals surface area contributed by atoms with Crippen LogP contribution in [-0.2, 0) is 0 Å². The van der Waals surface area contributed by atoms with Gasteiger partial charge in [-0.3, -0.25) is 0 Å². The molecule has 6 aromatic rings. The van der Waals surface area contributed by atoms with Crippen molar-refractivity contribution in [3.8, 4) is 11.1 Å². The molecule has 0 spiro atoms. The average Bonchev–Trinajstić information content (AvgIpc) is 3.18. The van der Waals surface area contributed by atoms with E-state index in [2.05, 4.69) is 108 Å². The first kappa shape index (κ1) is 17.3. The molecule has 1 aromatic heterocycles. The number of hydrogen-bond donors (Lipinski definition) is 1. The molecule has 0 saturated carbocycles. The van der Waals surface area contributed by atoms with E-state index in [0.29, 0.717) is 0 Å². The zero-order chi connectivity index (χ0) is 19.9. The lowest BCUT2D eigenvalue weighted by Gasteiger charge is -2.10. The third-order valence-electron chi connectivity index (χ3n) is 5.64. The van der Waals surface area contributed by atoms with Crippen LogP contribution in [0.3, 0.4) is 0 Å². The van der Waals surface area contributed by atoms with Crippen molar-refractivity contribution in [1.82, 2.24) is 0 Å². The summed E-state index contributed by atoms with van der Waals surface area (Å²) in [4.78, 5) is 0. The minimum atomic E-state index is 1.10. The summed E-state index contributed by atoms with van der Waals surface area (Å²) in [5.74, 6) is 0. The summed E-state index contributed by atoms with van der Waals surface area (Å²) in [5.41, 5.74) is 4.80. The number of hydrogen-bond acceptors (Lipinski definition) is 2. The minimum Gasteiger partial charge on any atom is -0.356 e. The molecule has 0 saturated heterocycles. The Morgan fingerprint density at radius 3 is 2.20 bits per heavy atom. The van der Waals surface area contributed by atoms with Crippen LogP contribution in [0.2, 0.25) is 0 Å². The minimum absolute atomic E-state index is 1.10. The lowest BCUT2D eigenvalue weighted by atomic mass is 9.95. The van der Waals surface area contributed by atoms with Crippen molar-refractivity contribution in [3.05, 3.63) is 109 Å². The highest BCUT2D eigenvalue weighted by molar-refractivity contribution is 7.26. The third kappa shape index (κ3) is 2.85. The Hall–Kier alpha value is -3.62. The van der Waals surface area contributed by atoms with E-state index >= 15 is 0 Å². The Balaban J connectivity index is 1.59. The van der Waals surface area contributed by atoms with Gasteiger partial charge in [-0.25, -0.2) is 0 Å². The summed E-state index contributed by atoms with van der Waals surface area (Å²) < 4.78 is 2.64. The second kappa shape index (κ2) is 7.01. The molecule has 0 aliphatic heterocycles. The molecule has 2 heteroatoms. The van der Waals surface area contributed by atoms with Crippen molar-refractivity contribution in [1.29, 1.82) is 0 Å². The zero-order valence-corrected chi connectivity index (χ0v) is 17.1. The molecular weight excluding hydrogens is 382 g/mol. The van der Waals surface area contributed by atoms with Crippen LogP contribution in [0.15, 0.2) is 109 Å². The van der Waals surface area contributed by atoms with E-state index in [4.69, 9.17) is 0 Å². The van der Waals surface area contributed by atoms with Gasteiger partial charge in [0.2, 0.25) is 0 Å². The van der Waals surface area contributed by atoms with Crippen LogP contribution in [0.5, 0.6) is 0 Å². The lowest BCUT2D eigenvalue weighted by molar-refractivity contribution is 1.57. The van der Waals surface area contributed by atoms with Crippen LogP contribution in [0.25, 0.3) is 42.1 Å². The van der Waals surface area contributed by atoms with Gasteiger partial charge in [-0.05, 0) is 58.3 Å². The van der Waals surface area contributed by atoms with Gasteiger partial charge in [-0.2, -0.15) is 0 Å². The van der Waals surface area contributed by atoms with Gasteiger partial charge in [0.05, 0.1) is 0 Å². The van der Waals surface area contributed by atoms with Gasteiger partial charge in [0, 0.05) is 31.5 Å². The molecule has 0 aliphatic carbocycles. The maximum absolute atomic E-state index is 3.54. The Bertz CT molecular complexity index is 1510. The van der Waals surface area contributed by atoms with Gasteiger partial charge in [0.25, 0.3) is 0 Å². The highest BCUT2D eigenvalue weighted by Crippen LogP contribution is 2.42. The molecule has 0 amide bonds. The summed E-state index contributed by atoms with van der Waals surface area (Å²) >= 11 is 1.86. The number of anilines is 2. The van der Waals surface area contributed by atoms with Crippen molar-refractivity contribution < 1.29 is 0 Å². The molecule has 0 unspecified atom stereocenters. The number of fused-ring (bicyclic) bond motifs is 4. The van der Waals surface area contributed by atoms with E-state index in [-0.39, 0.29) is 0 Å². The van der Waals surface area contributed by atoms with Gasteiger partial charge < -0.3 is 5.32 Å². The Kier molecular flexibility index (Phi) is 4.03. The van der Waals surface area contributed by atoms with E-state index < -0.39 is 0 Å². The molecule has 0 bridgehead atoms. The second-order valence-corrected chi connectivity index (χ2v) is 8.59. The molecule has 0 radical (unpaired) electrons. The summed E-state index contributed by atoms with van der Waals surface area (Å²) in [6, 6.07) is 38.9. The maximum atomic E-state index is 3.54. The van der Waals surface area contributed by atoms with E-state index in [1.165, 1.54) is 42.1 Å². The molecule has 1 heterocycles. The van der Waals surface area contributed by atoms with Crippen LogP contribution in [-0.4, -0.2) is 0 Å². The van der Waals surface area contributed by atoms with E-state index in [9.17, 15) is 0 Å². The first-order valence-corrected chi connectivity index (χ1v) is 10.9. The van der Waals surface area contributed by atoms with Crippen LogP contribution in [0, 0.1) is 0 Å². The molecule has 0 aliphatic rings. The van der Waals surface area contributed by atoms with Crippen LogP contribution >= 0.6 is 11.3 Å². The average molecular weight is 402 g/mol. The molecule has 6 rings (SSSR count). The quantitative estimate of drug-likeness (QED) is 0.313. The van der Waals surface area contributed by atoms with E-state index in [1.54, 1.807) is 0 Å². The normalized spacial score (nSPS) is 11.3. The lowest BCUT2D eigenvalue weighted by Crippen LogP contribution is -1.89. The maximum Gasteiger partial charge on any atom is 0.0391 e. The van der Waals surface area contributed by atoms with Crippen molar-refractivity contribution in [3.63, 3.8) is 0 Å². The van der Waals surface area contributed by atoms with Crippen molar-refractivity contribution in [2.24, 2.45) is 0 Å². The van der Waals surface area contributed by atoms with Crippen LogP contribution < -0.4 is 5.32 Å². The van der Waals surface area contributed by atoms with E-state index in [0.717, 1.165) is 11.4 Å². The van der Waals surface area contributed by atoms with Crippen molar-refractivity contribution in [2.75, 3.05) is 5.32 Å². The summed E-state index contributed by atoms with van der Waals surface area (Å²) in [5, 5.41) is 8.76. The number of benzene rings is 5. The fourth-order valence-electron chi connectivity index (χ4n) is 4.28. The monoisotopic (exact) mass is 401 g/mol. The van der Waals surface area contributed by atoms with Gasteiger partial charge in [0.1, 0.15) is 0 Å². The molecule has 142 valence electrons. The topological polar surface area (TPSA) is 12.0 Å². The van der Waals surface area contributed by atoms with Crippen molar-refractivity contribution >= 4 is 53.7 Å². The highest BCUT2D eigenvalue weighted by Gasteiger charge is 2.13. The summed E-state index contributed by atoms with van der Waals surface area (Å²) in [6.45, 7) is 0. The van der Waals surface area contributed by atoms with Crippen LogP contribution in [0.4, 0.5) is 11.4 Å². The Labute approximate surface area is 179 Å². The predicted octanol–water partition coefficient (Wildman–Crippen LogP) is 8.62. The molecule has 0 atom stereocenters. The third-order valence-corrected chi connectivity index (χ3v) is 6.77. The van der Waals surface area contributed by atoms with Gasteiger partial charge >= 0.3 is 0 Å².